The lowest BCUT2D eigenvalue weighted by Crippen LogP contribution is -2.14. The maximum absolute atomic E-state index is 13.0. The van der Waals surface area contributed by atoms with Crippen molar-refractivity contribution in [3.05, 3.63) is 52.8 Å². The van der Waals surface area contributed by atoms with Crippen LogP contribution >= 0.6 is 0 Å². The predicted octanol–water partition coefficient (Wildman–Crippen LogP) is 3.08. The summed E-state index contributed by atoms with van der Waals surface area (Å²) in [5.74, 6) is 0. The number of aliphatic hydroxyl groups excluding tert-OH is 1. The molecule has 0 saturated heterocycles. The van der Waals surface area contributed by atoms with Crippen molar-refractivity contribution in [1.29, 1.82) is 0 Å². The standard InChI is InChI=1S/C14H15F3N2O/c1-3-9-8-12(19(2)18-9)13(20)10-6-4-5-7-11(10)14(15,16)17/h4-8,13,20H,3H2,1-2H3. The van der Waals surface area contributed by atoms with Gasteiger partial charge < -0.3 is 5.11 Å². The van der Waals surface area contributed by atoms with Gasteiger partial charge in [0.1, 0.15) is 6.10 Å². The van der Waals surface area contributed by atoms with Crippen LogP contribution in [0.4, 0.5) is 13.2 Å². The lowest BCUT2D eigenvalue weighted by molar-refractivity contribution is -0.139. The SMILES string of the molecule is CCc1cc(C(O)c2ccccc2C(F)(F)F)n(C)n1. The number of aryl methyl sites for hydroxylation is 2. The lowest BCUT2D eigenvalue weighted by Gasteiger charge is -2.17. The van der Waals surface area contributed by atoms with Crippen molar-refractivity contribution < 1.29 is 18.3 Å². The van der Waals surface area contributed by atoms with E-state index in [2.05, 4.69) is 5.10 Å². The summed E-state index contributed by atoms with van der Waals surface area (Å²) in [4.78, 5) is 0. The molecule has 1 unspecified atom stereocenters. The minimum atomic E-state index is -4.50. The number of halogens is 3. The number of rotatable bonds is 3. The van der Waals surface area contributed by atoms with Crippen LogP contribution < -0.4 is 0 Å². The van der Waals surface area contributed by atoms with E-state index in [1.54, 1.807) is 13.1 Å². The Kier molecular flexibility index (Phi) is 3.85. The molecule has 0 radical (unpaired) electrons. The fraction of sp³-hybridized carbons (Fsp3) is 0.357. The second-order valence-corrected chi connectivity index (χ2v) is 4.53. The maximum atomic E-state index is 13.0. The molecule has 108 valence electrons. The number of hydrogen-bond acceptors (Lipinski definition) is 2. The van der Waals surface area contributed by atoms with Crippen LogP contribution in [-0.4, -0.2) is 14.9 Å². The number of aromatic nitrogens is 2. The van der Waals surface area contributed by atoms with Crippen LogP contribution in [0.1, 0.15) is 35.5 Å². The summed E-state index contributed by atoms with van der Waals surface area (Å²) >= 11 is 0. The molecule has 1 atom stereocenters. The topological polar surface area (TPSA) is 38.0 Å². The first-order chi connectivity index (χ1) is 9.34. The van der Waals surface area contributed by atoms with E-state index in [0.29, 0.717) is 12.1 Å². The third-order valence-electron chi connectivity index (χ3n) is 3.17. The van der Waals surface area contributed by atoms with E-state index in [0.717, 1.165) is 11.8 Å². The molecule has 2 rings (SSSR count). The molecule has 20 heavy (non-hydrogen) atoms. The Morgan fingerprint density at radius 3 is 2.50 bits per heavy atom. The monoisotopic (exact) mass is 284 g/mol. The Labute approximate surface area is 114 Å². The molecular weight excluding hydrogens is 269 g/mol. The van der Waals surface area contributed by atoms with Crippen LogP contribution in [0.15, 0.2) is 30.3 Å². The van der Waals surface area contributed by atoms with Gasteiger partial charge in [-0.2, -0.15) is 18.3 Å². The number of alkyl halides is 3. The molecule has 1 aromatic heterocycles. The quantitative estimate of drug-likeness (QED) is 0.940. The van der Waals surface area contributed by atoms with Crippen LogP contribution in [0.3, 0.4) is 0 Å². The van der Waals surface area contributed by atoms with Gasteiger partial charge in [-0.25, -0.2) is 0 Å². The first kappa shape index (κ1) is 14.6. The fourth-order valence-corrected chi connectivity index (χ4v) is 2.12. The summed E-state index contributed by atoms with van der Waals surface area (Å²) in [6.45, 7) is 1.89. The molecule has 0 spiro atoms. The van der Waals surface area contributed by atoms with Crippen molar-refractivity contribution in [3.63, 3.8) is 0 Å². The largest absolute Gasteiger partial charge is 0.416 e. The van der Waals surface area contributed by atoms with E-state index in [1.165, 1.54) is 22.9 Å². The van der Waals surface area contributed by atoms with Crippen LogP contribution in [0.5, 0.6) is 0 Å². The van der Waals surface area contributed by atoms with Gasteiger partial charge >= 0.3 is 6.18 Å². The molecule has 1 heterocycles. The summed E-state index contributed by atoms with van der Waals surface area (Å²) in [5, 5.41) is 14.4. The Morgan fingerprint density at radius 1 is 1.30 bits per heavy atom. The Morgan fingerprint density at radius 2 is 1.95 bits per heavy atom. The van der Waals surface area contributed by atoms with Gasteiger partial charge in [0.25, 0.3) is 0 Å². The number of benzene rings is 1. The van der Waals surface area contributed by atoms with Crippen LogP contribution in [0.2, 0.25) is 0 Å². The molecule has 1 N–H and O–H groups in total. The third kappa shape index (κ3) is 2.70. The first-order valence-electron chi connectivity index (χ1n) is 6.21. The molecule has 0 fully saturated rings. The molecular formula is C14H15F3N2O. The molecule has 3 nitrogen and oxygen atoms in total. The summed E-state index contributed by atoms with van der Waals surface area (Å²) < 4.78 is 40.3. The Balaban J connectivity index is 2.48. The minimum absolute atomic E-state index is 0.161. The minimum Gasteiger partial charge on any atom is -0.382 e. The van der Waals surface area contributed by atoms with Crippen LogP contribution in [0.25, 0.3) is 0 Å². The highest BCUT2D eigenvalue weighted by Gasteiger charge is 2.35. The van der Waals surface area contributed by atoms with E-state index in [9.17, 15) is 18.3 Å². The van der Waals surface area contributed by atoms with Gasteiger partial charge in [-0.1, -0.05) is 25.1 Å². The predicted molar refractivity (Wildman–Crippen MR) is 68.1 cm³/mol. The van der Waals surface area contributed by atoms with E-state index < -0.39 is 17.8 Å². The summed E-state index contributed by atoms with van der Waals surface area (Å²) in [6, 6.07) is 6.66. The molecule has 0 amide bonds. The molecule has 0 aliphatic rings. The highest BCUT2D eigenvalue weighted by atomic mass is 19.4. The average molecular weight is 284 g/mol. The fourth-order valence-electron chi connectivity index (χ4n) is 2.12. The van der Waals surface area contributed by atoms with Gasteiger partial charge in [0.2, 0.25) is 0 Å². The van der Waals surface area contributed by atoms with Crippen molar-refractivity contribution in [3.8, 4) is 0 Å². The van der Waals surface area contributed by atoms with E-state index in [-0.39, 0.29) is 5.56 Å². The molecule has 0 saturated carbocycles. The zero-order chi connectivity index (χ0) is 14.9. The van der Waals surface area contributed by atoms with Crippen molar-refractivity contribution in [1.82, 2.24) is 9.78 Å². The smallest absolute Gasteiger partial charge is 0.382 e. The first-order valence-corrected chi connectivity index (χ1v) is 6.21. The van der Waals surface area contributed by atoms with Gasteiger partial charge in [0, 0.05) is 7.05 Å². The highest BCUT2D eigenvalue weighted by Crippen LogP contribution is 2.36. The van der Waals surface area contributed by atoms with Gasteiger partial charge in [0.05, 0.1) is 17.0 Å². The van der Waals surface area contributed by atoms with Gasteiger partial charge in [-0.05, 0) is 24.1 Å². The van der Waals surface area contributed by atoms with Gasteiger partial charge in [-0.3, -0.25) is 4.68 Å². The molecule has 2 aromatic rings. The molecule has 1 aromatic carbocycles. The van der Waals surface area contributed by atoms with Gasteiger partial charge in [-0.15, -0.1) is 0 Å². The second kappa shape index (κ2) is 5.28. The number of nitrogens with zero attached hydrogens (tertiary/aromatic N) is 2. The zero-order valence-corrected chi connectivity index (χ0v) is 11.1. The van der Waals surface area contributed by atoms with E-state index >= 15 is 0 Å². The molecule has 0 aliphatic carbocycles. The average Bonchev–Trinajstić information content (AvgIpc) is 2.78. The van der Waals surface area contributed by atoms with Crippen molar-refractivity contribution >= 4 is 0 Å². The number of hydrogen-bond donors (Lipinski definition) is 1. The van der Waals surface area contributed by atoms with Crippen molar-refractivity contribution in [2.45, 2.75) is 25.6 Å². The normalized spacial score (nSPS) is 13.5. The van der Waals surface area contributed by atoms with E-state index in [1.807, 2.05) is 6.92 Å². The second-order valence-electron chi connectivity index (χ2n) is 4.53. The highest BCUT2D eigenvalue weighted by molar-refractivity contribution is 5.36. The van der Waals surface area contributed by atoms with Crippen LogP contribution in [0, 0.1) is 0 Å². The van der Waals surface area contributed by atoms with Crippen LogP contribution in [-0.2, 0) is 19.6 Å². The molecule has 0 bridgehead atoms. The lowest BCUT2D eigenvalue weighted by atomic mass is 9.99. The Bertz CT molecular complexity index is 605. The van der Waals surface area contributed by atoms with Crippen molar-refractivity contribution in [2.75, 3.05) is 0 Å². The van der Waals surface area contributed by atoms with Gasteiger partial charge in [0.15, 0.2) is 0 Å². The summed E-state index contributed by atoms with van der Waals surface area (Å²) in [6.07, 6.45) is -5.20. The zero-order valence-electron chi connectivity index (χ0n) is 11.1. The van der Waals surface area contributed by atoms with E-state index in [4.69, 9.17) is 0 Å². The summed E-state index contributed by atoms with van der Waals surface area (Å²) in [7, 11) is 1.61. The summed E-state index contributed by atoms with van der Waals surface area (Å²) in [5.41, 5.74) is 0.0852. The third-order valence-corrected chi connectivity index (χ3v) is 3.17. The number of aliphatic hydroxyl groups is 1. The Hall–Kier alpha value is -1.82. The molecule has 0 aliphatic heterocycles. The maximum Gasteiger partial charge on any atom is 0.416 e. The molecule has 6 heteroatoms. The van der Waals surface area contributed by atoms with Crippen molar-refractivity contribution in [2.24, 2.45) is 7.05 Å².